The molecule has 0 radical (unpaired) electrons. The van der Waals surface area contributed by atoms with E-state index in [0.29, 0.717) is 16.8 Å². The van der Waals surface area contributed by atoms with Crippen LogP contribution in [-0.2, 0) is 9.53 Å². The largest absolute Gasteiger partial charge is 0.387 e. The van der Waals surface area contributed by atoms with Gasteiger partial charge in [0.2, 0.25) is 0 Å². The number of nitrogens with zero attached hydrogens (tertiary/aromatic N) is 1. The number of Topliss-reactive ketones (excluding diaryl/α,β-unsaturated/α-hetero) is 1. The van der Waals surface area contributed by atoms with E-state index < -0.39 is 23.7 Å². The number of para-hydroxylation sites is 1. The second-order valence-electron chi connectivity index (χ2n) is 6.75. The highest BCUT2D eigenvalue weighted by Crippen LogP contribution is 2.53. The molecule has 5 nitrogen and oxygen atoms in total. The number of anilines is 1. The number of hydrogen-bond acceptors (Lipinski definition) is 4. The van der Waals surface area contributed by atoms with E-state index in [2.05, 4.69) is 0 Å². The van der Waals surface area contributed by atoms with Crippen molar-refractivity contribution in [2.75, 3.05) is 12.0 Å². The summed E-state index contributed by atoms with van der Waals surface area (Å²) < 4.78 is 5.36. The van der Waals surface area contributed by atoms with E-state index in [1.165, 1.54) is 7.11 Å². The Kier molecular flexibility index (Phi) is 3.52. The van der Waals surface area contributed by atoms with Crippen LogP contribution in [0.15, 0.2) is 54.6 Å². The lowest BCUT2D eigenvalue weighted by Gasteiger charge is -2.58. The summed E-state index contributed by atoms with van der Waals surface area (Å²) >= 11 is 0. The van der Waals surface area contributed by atoms with Crippen LogP contribution in [0.4, 0.5) is 5.69 Å². The Balaban J connectivity index is 1.89. The first-order valence-corrected chi connectivity index (χ1v) is 8.24. The number of hydrogen-bond donors (Lipinski definition) is 1. The fourth-order valence-corrected chi connectivity index (χ4v) is 4.11. The number of amides is 1. The molecule has 1 fully saturated rings. The monoisotopic (exact) mass is 337 g/mol. The van der Waals surface area contributed by atoms with Crippen LogP contribution in [0.25, 0.3) is 0 Å². The zero-order chi connectivity index (χ0) is 17.8. The van der Waals surface area contributed by atoms with E-state index in [-0.39, 0.29) is 11.7 Å². The third-order valence-electron chi connectivity index (χ3n) is 5.49. The Labute approximate surface area is 145 Å². The van der Waals surface area contributed by atoms with Gasteiger partial charge in [-0.3, -0.25) is 9.59 Å². The standard InChI is InChI=1S/C20H19NO4/c1-20(17(22)12-8-4-3-5-9-12)16-15(25-2)19(24)21(16)14-11-7-6-10-13(14)18(20)23/h3-11,15-17,22H,1-2H3. The summed E-state index contributed by atoms with van der Waals surface area (Å²) in [6.07, 6.45) is -1.78. The predicted octanol–water partition coefficient (Wildman–Crippen LogP) is 2.35. The van der Waals surface area contributed by atoms with Gasteiger partial charge in [-0.15, -0.1) is 0 Å². The van der Waals surface area contributed by atoms with Gasteiger partial charge >= 0.3 is 0 Å². The molecule has 2 heterocycles. The van der Waals surface area contributed by atoms with Crippen molar-refractivity contribution in [3.8, 4) is 0 Å². The lowest BCUT2D eigenvalue weighted by Crippen LogP contribution is -2.75. The minimum absolute atomic E-state index is 0.171. The Morgan fingerprint density at radius 3 is 2.40 bits per heavy atom. The molecule has 0 aliphatic carbocycles. The average molecular weight is 337 g/mol. The molecule has 0 aromatic heterocycles. The molecule has 1 amide bonds. The first-order chi connectivity index (χ1) is 12.0. The SMILES string of the molecule is COC1C(=O)N2c3ccccc3C(=O)C(C)(C(O)c3ccccc3)C12. The number of aliphatic hydroxyl groups excluding tert-OH is 1. The Morgan fingerprint density at radius 2 is 1.72 bits per heavy atom. The first-order valence-electron chi connectivity index (χ1n) is 8.24. The summed E-state index contributed by atoms with van der Waals surface area (Å²) in [5.41, 5.74) is 0.504. The van der Waals surface area contributed by atoms with Gasteiger partial charge in [0, 0.05) is 12.7 Å². The van der Waals surface area contributed by atoms with Gasteiger partial charge < -0.3 is 14.7 Å². The van der Waals surface area contributed by atoms with E-state index >= 15 is 0 Å². The summed E-state index contributed by atoms with van der Waals surface area (Å²) in [6.45, 7) is 1.72. The number of carbonyl (C=O) groups excluding carboxylic acids is 2. The summed E-state index contributed by atoms with van der Waals surface area (Å²) in [4.78, 5) is 27.5. The van der Waals surface area contributed by atoms with E-state index in [9.17, 15) is 14.7 Å². The third-order valence-corrected chi connectivity index (χ3v) is 5.49. The van der Waals surface area contributed by atoms with Gasteiger partial charge in [0.25, 0.3) is 5.91 Å². The van der Waals surface area contributed by atoms with E-state index in [1.54, 1.807) is 48.2 Å². The van der Waals surface area contributed by atoms with Gasteiger partial charge in [0.1, 0.15) is 0 Å². The highest BCUT2D eigenvalue weighted by molar-refractivity contribution is 6.18. The second kappa shape index (κ2) is 5.51. The van der Waals surface area contributed by atoms with E-state index in [4.69, 9.17) is 4.74 Å². The van der Waals surface area contributed by atoms with E-state index in [0.717, 1.165) is 0 Å². The smallest absolute Gasteiger partial charge is 0.258 e. The molecule has 25 heavy (non-hydrogen) atoms. The maximum atomic E-state index is 13.4. The number of β-lactam (4-membered cyclic amide) rings is 1. The van der Waals surface area contributed by atoms with Gasteiger partial charge in [-0.05, 0) is 24.6 Å². The molecule has 4 atom stereocenters. The van der Waals surface area contributed by atoms with Crippen LogP contribution >= 0.6 is 0 Å². The zero-order valence-electron chi connectivity index (χ0n) is 14.0. The quantitative estimate of drug-likeness (QED) is 0.873. The molecule has 2 aliphatic rings. The first kappa shape index (κ1) is 16.0. The Morgan fingerprint density at radius 1 is 1.08 bits per heavy atom. The van der Waals surface area contributed by atoms with Gasteiger partial charge in [-0.2, -0.15) is 0 Å². The molecule has 1 saturated heterocycles. The molecule has 4 rings (SSSR count). The van der Waals surface area contributed by atoms with Crippen LogP contribution < -0.4 is 4.90 Å². The van der Waals surface area contributed by atoms with Crippen molar-refractivity contribution in [3.05, 3.63) is 65.7 Å². The number of aliphatic hydroxyl groups is 1. The van der Waals surface area contributed by atoms with Gasteiger partial charge in [0.05, 0.1) is 23.2 Å². The van der Waals surface area contributed by atoms with E-state index in [1.807, 2.05) is 18.2 Å². The fraction of sp³-hybridized carbons (Fsp3) is 0.300. The van der Waals surface area contributed by atoms with Gasteiger partial charge in [-0.1, -0.05) is 42.5 Å². The molecule has 1 N–H and O–H groups in total. The molecule has 2 aromatic carbocycles. The molecule has 0 saturated carbocycles. The van der Waals surface area contributed by atoms with Crippen LogP contribution in [0, 0.1) is 5.41 Å². The molecule has 4 unspecified atom stereocenters. The highest BCUT2D eigenvalue weighted by atomic mass is 16.5. The minimum Gasteiger partial charge on any atom is -0.387 e. The number of rotatable bonds is 3. The topological polar surface area (TPSA) is 66.8 Å². The van der Waals surface area contributed by atoms with Crippen LogP contribution in [0.2, 0.25) is 0 Å². The maximum absolute atomic E-state index is 13.4. The minimum atomic E-state index is -1.19. The summed E-state index contributed by atoms with van der Waals surface area (Å²) in [5, 5.41) is 11.1. The van der Waals surface area contributed by atoms with Crippen molar-refractivity contribution in [1.82, 2.24) is 0 Å². The number of ketones is 1. The Bertz CT molecular complexity index is 850. The molecular weight excluding hydrogens is 318 g/mol. The molecule has 2 aliphatic heterocycles. The summed E-state index contributed by atoms with van der Waals surface area (Å²) in [6, 6.07) is 15.6. The zero-order valence-corrected chi connectivity index (χ0v) is 14.0. The van der Waals surface area contributed by atoms with Crippen molar-refractivity contribution in [2.45, 2.75) is 25.2 Å². The van der Waals surface area contributed by atoms with Crippen molar-refractivity contribution in [3.63, 3.8) is 0 Å². The molecule has 5 heteroatoms. The Hall–Kier alpha value is -2.50. The number of carbonyl (C=O) groups is 2. The number of benzene rings is 2. The summed E-state index contributed by atoms with van der Waals surface area (Å²) in [5.74, 6) is -0.353. The second-order valence-corrected chi connectivity index (χ2v) is 6.75. The highest BCUT2D eigenvalue weighted by Gasteiger charge is 2.65. The number of methoxy groups -OCH3 is 1. The lowest BCUT2D eigenvalue weighted by atomic mass is 9.61. The van der Waals surface area contributed by atoms with Gasteiger partial charge in [0.15, 0.2) is 11.9 Å². The normalized spacial score (nSPS) is 28.8. The molecular formula is C20H19NO4. The van der Waals surface area contributed by atoms with Gasteiger partial charge in [-0.25, -0.2) is 0 Å². The molecule has 2 aromatic rings. The van der Waals surface area contributed by atoms with Crippen LogP contribution in [0.1, 0.15) is 28.9 Å². The predicted molar refractivity (Wildman–Crippen MR) is 92.4 cm³/mol. The van der Waals surface area contributed by atoms with Crippen molar-refractivity contribution in [1.29, 1.82) is 0 Å². The average Bonchev–Trinajstić information content (AvgIpc) is 2.65. The van der Waals surface area contributed by atoms with Crippen LogP contribution in [-0.4, -0.2) is 36.1 Å². The maximum Gasteiger partial charge on any atom is 0.258 e. The molecule has 128 valence electrons. The number of fused-ring (bicyclic) bond motifs is 3. The fourth-order valence-electron chi connectivity index (χ4n) is 4.11. The van der Waals surface area contributed by atoms with Crippen molar-refractivity contribution < 1.29 is 19.4 Å². The lowest BCUT2D eigenvalue weighted by molar-refractivity contribution is -0.147. The number of ether oxygens (including phenoxy) is 1. The van der Waals surface area contributed by atoms with Crippen LogP contribution in [0.3, 0.4) is 0 Å². The summed E-state index contributed by atoms with van der Waals surface area (Å²) in [7, 11) is 1.46. The third kappa shape index (κ3) is 1.97. The van der Waals surface area contributed by atoms with Crippen LogP contribution in [0.5, 0.6) is 0 Å². The molecule has 0 bridgehead atoms. The van der Waals surface area contributed by atoms with Crippen molar-refractivity contribution in [2.24, 2.45) is 5.41 Å². The molecule has 0 spiro atoms. The van der Waals surface area contributed by atoms with Crippen molar-refractivity contribution >= 4 is 17.4 Å².